The van der Waals surface area contributed by atoms with Gasteiger partial charge in [0, 0.05) is 11.6 Å². The molecule has 0 heterocycles. The van der Waals surface area contributed by atoms with Gasteiger partial charge in [-0.1, -0.05) is 6.42 Å². The van der Waals surface area contributed by atoms with E-state index in [9.17, 15) is 9.59 Å². The van der Waals surface area contributed by atoms with Gasteiger partial charge in [0.25, 0.3) is 0 Å². The zero-order chi connectivity index (χ0) is 15.0. The van der Waals surface area contributed by atoms with Crippen molar-refractivity contribution in [1.29, 1.82) is 0 Å². The number of fused-ring (bicyclic) bond motifs is 1. The predicted molar refractivity (Wildman–Crippen MR) is 77.3 cm³/mol. The Morgan fingerprint density at radius 2 is 2.05 bits per heavy atom. The first-order chi connectivity index (χ1) is 10.1. The van der Waals surface area contributed by atoms with E-state index in [1.165, 1.54) is 19.3 Å². The lowest BCUT2D eigenvalue weighted by Crippen LogP contribution is -2.17. The number of carboxylic acid groups (broad SMARTS) is 1. The molecule has 2 fully saturated rings. The van der Waals surface area contributed by atoms with Crippen molar-refractivity contribution < 1.29 is 19.4 Å². The Morgan fingerprint density at radius 1 is 1.33 bits per heavy atom. The summed E-state index contributed by atoms with van der Waals surface area (Å²) in [6, 6.07) is 5.19. The smallest absolute Gasteiger partial charge is 0.341 e. The maximum absolute atomic E-state index is 12.2. The summed E-state index contributed by atoms with van der Waals surface area (Å²) in [5, 5.41) is 11.6. The van der Waals surface area contributed by atoms with Crippen LogP contribution in [0.2, 0.25) is 0 Å². The van der Waals surface area contributed by atoms with Crippen molar-refractivity contribution in [2.75, 3.05) is 11.9 Å². The molecule has 0 saturated heterocycles. The lowest BCUT2D eigenvalue weighted by molar-refractivity contribution is -0.139. The predicted octanol–water partition coefficient (Wildman–Crippen LogP) is 2.44. The van der Waals surface area contributed by atoms with Crippen LogP contribution in [0.25, 0.3) is 0 Å². The molecule has 0 aliphatic heterocycles. The molecule has 2 atom stereocenters. The lowest BCUT2D eigenvalue weighted by atomic mass is 10.1. The van der Waals surface area contributed by atoms with Crippen LogP contribution in [-0.2, 0) is 9.59 Å². The average molecular weight is 289 g/mol. The Hall–Kier alpha value is -2.04. The van der Waals surface area contributed by atoms with Crippen molar-refractivity contribution in [3.05, 3.63) is 23.8 Å². The number of aliphatic carboxylic acids is 1. The van der Waals surface area contributed by atoms with Gasteiger partial charge in [0.2, 0.25) is 5.91 Å². The number of benzene rings is 1. The molecular weight excluding hydrogens is 270 g/mol. The Morgan fingerprint density at radius 3 is 2.67 bits per heavy atom. The van der Waals surface area contributed by atoms with Crippen LogP contribution >= 0.6 is 0 Å². The van der Waals surface area contributed by atoms with Crippen LogP contribution < -0.4 is 10.1 Å². The molecular formula is C16H19NO4. The number of nitrogens with one attached hydrogen (secondary N) is 1. The summed E-state index contributed by atoms with van der Waals surface area (Å²) in [5.41, 5.74) is 1.64. The van der Waals surface area contributed by atoms with Gasteiger partial charge in [0.05, 0.1) is 0 Å². The van der Waals surface area contributed by atoms with Crippen molar-refractivity contribution in [2.45, 2.75) is 26.2 Å². The number of amides is 1. The van der Waals surface area contributed by atoms with Crippen molar-refractivity contribution in [2.24, 2.45) is 17.8 Å². The molecule has 2 aliphatic rings. The number of rotatable bonds is 5. The molecule has 2 saturated carbocycles. The van der Waals surface area contributed by atoms with Crippen LogP contribution in [0.3, 0.4) is 0 Å². The summed E-state index contributed by atoms with van der Waals surface area (Å²) >= 11 is 0. The summed E-state index contributed by atoms with van der Waals surface area (Å²) < 4.78 is 5.12. The fraction of sp³-hybridized carbons (Fsp3) is 0.500. The maximum Gasteiger partial charge on any atom is 0.341 e. The molecule has 1 aromatic carbocycles. The van der Waals surface area contributed by atoms with E-state index in [1.54, 1.807) is 18.2 Å². The summed E-state index contributed by atoms with van der Waals surface area (Å²) in [6.07, 6.45) is 3.63. The first-order valence-corrected chi connectivity index (χ1v) is 7.32. The first kappa shape index (κ1) is 13.9. The topological polar surface area (TPSA) is 75.6 Å². The van der Waals surface area contributed by atoms with Gasteiger partial charge in [-0.3, -0.25) is 4.79 Å². The van der Waals surface area contributed by atoms with Crippen LogP contribution in [0.4, 0.5) is 5.69 Å². The minimum atomic E-state index is -1.01. The molecule has 1 aromatic rings. The highest BCUT2D eigenvalue weighted by atomic mass is 16.5. The van der Waals surface area contributed by atoms with Crippen molar-refractivity contribution in [1.82, 2.24) is 0 Å². The van der Waals surface area contributed by atoms with Crippen LogP contribution in [0.15, 0.2) is 18.2 Å². The van der Waals surface area contributed by atoms with Gasteiger partial charge >= 0.3 is 5.97 Å². The summed E-state index contributed by atoms with van der Waals surface area (Å²) in [6.45, 7) is 1.51. The number of anilines is 1. The number of hydrogen-bond donors (Lipinski definition) is 2. The third-order valence-electron chi connectivity index (χ3n) is 4.53. The summed E-state index contributed by atoms with van der Waals surface area (Å²) in [7, 11) is 0. The highest BCUT2D eigenvalue weighted by Crippen LogP contribution is 2.57. The van der Waals surface area contributed by atoms with E-state index >= 15 is 0 Å². The highest BCUT2D eigenvalue weighted by Gasteiger charge is 2.56. The van der Waals surface area contributed by atoms with Crippen molar-refractivity contribution in [3.63, 3.8) is 0 Å². The molecule has 1 amide bonds. The zero-order valence-electron chi connectivity index (χ0n) is 12.0. The highest BCUT2D eigenvalue weighted by molar-refractivity contribution is 5.95. The van der Waals surface area contributed by atoms with E-state index < -0.39 is 5.97 Å². The minimum absolute atomic E-state index is 0.118. The lowest BCUT2D eigenvalue weighted by Gasteiger charge is -2.11. The number of carbonyl (C=O) groups is 2. The normalized spacial score (nSPS) is 26.0. The quantitative estimate of drug-likeness (QED) is 0.873. The fourth-order valence-corrected chi connectivity index (χ4v) is 3.44. The molecule has 0 bridgehead atoms. The second-order valence-electron chi connectivity index (χ2n) is 5.93. The Labute approximate surface area is 123 Å². The number of hydrogen-bond acceptors (Lipinski definition) is 3. The Bertz CT molecular complexity index is 574. The molecule has 0 spiro atoms. The average Bonchev–Trinajstić information content (AvgIpc) is 2.93. The molecule has 3 rings (SSSR count). The van der Waals surface area contributed by atoms with E-state index in [1.807, 2.05) is 6.92 Å². The maximum atomic E-state index is 12.2. The SMILES string of the molecule is Cc1cc(OCC(=O)O)ccc1NC(=O)C1C2CCCC21. The largest absolute Gasteiger partial charge is 0.482 e. The zero-order valence-corrected chi connectivity index (χ0v) is 12.0. The summed E-state index contributed by atoms with van der Waals surface area (Å²) in [5.74, 6) is 1.00. The molecule has 0 aromatic heterocycles. The monoisotopic (exact) mass is 289 g/mol. The van der Waals surface area contributed by atoms with Crippen molar-refractivity contribution in [3.8, 4) is 5.75 Å². The van der Waals surface area contributed by atoms with Gasteiger partial charge in [-0.2, -0.15) is 0 Å². The number of ether oxygens (including phenoxy) is 1. The molecule has 5 heteroatoms. The molecule has 112 valence electrons. The standard InChI is InChI=1S/C16H19NO4/c1-9-7-10(21-8-14(18)19)5-6-13(9)17-16(20)15-11-3-2-4-12(11)15/h5-7,11-12,15H,2-4,8H2,1H3,(H,17,20)(H,18,19). The van der Waals surface area contributed by atoms with Gasteiger partial charge in [-0.15, -0.1) is 0 Å². The number of aryl methyl sites for hydroxylation is 1. The van der Waals surface area contributed by atoms with Crippen LogP contribution in [-0.4, -0.2) is 23.6 Å². The van der Waals surface area contributed by atoms with Crippen LogP contribution in [0, 0.1) is 24.7 Å². The van der Waals surface area contributed by atoms with Gasteiger partial charge in [0.15, 0.2) is 6.61 Å². The van der Waals surface area contributed by atoms with E-state index in [2.05, 4.69) is 5.32 Å². The number of carboxylic acids is 1. The first-order valence-electron chi connectivity index (χ1n) is 7.32. The van der Waals surface area contributed by atoms with Gasteiger partial charge in [-0.25, -0.2) is 4.79 Å². The third-order valence-corrected chi connectivity index (χ3v) is 4.53. The van der Waals surface area contributed by atoms with Gasteiger partial charge in [-0.05, 0) is 55.4 Å². The summed E-state index contributed by atoms with van der Waals surface area (Å²) in [4.78, 5) is 22.7. The van der Waals surface area contributed by atoms with E-state index in [0.29, 0.717) is 17.6 Å². The van der Waals surface area contributed by atoms with E-state index in [0.717, 1.165) is 11.3 Å². The molecule has 5 nitrogen and oxygen atoms in total. The van der Waals surface area contributed by atoms with Gasteiger partial charge in [0.1, 0.15) is 5.75 Å². The van der Waals surface area contributed by atoms with Crippen LogP contribution in [0.5, 0.6) is 5.75 Å². The molecule has 2 N–H and O–H groups in total. The minimum Gasteiger partial charge on any atom is -0.482 e. The Balaban J connectivity index is 1.60. The Kier molecular flexibility index (Phi) is 3.57. The molecule has 21 heavy (non-hydrogen) atoms. The fourth-order valence-electron chi connectivity index (χ4n) is 3.44. The molecule has 2 aliphatic carbocycles. The van der Waals surface area contributed by atoms with E-state index in [4.69, 9.17) is 9.84 Å². The molecule has 0 radical (unpaired) electrons. The number of carbonyl (C=O) groups excluding carboxylic acids is 1. The van der Waals surface area contributed by atoms with Crippen LogP contribution in [0.1, 0.15) is 24.8 Å². The van der Waals surface area contributed by atoms with Gasteiger partial charge < -0.3 is 15.2 Å². The van der Waals surface area contributed by atoms with E-state index in [-0.39, 0.29) is 18.4 Å². The second kappa shape index (κ2) is 5.39. The third kappa shape index (κ3) is 2.86. The molecule has 2 unspecified atom stereocenters. The van der Waals surface area contributed by atoms with Crippen molar-refractivity contribution >= 4 is 17.6 Å². The second-order valence-corrected chi connectivity index (χ2v) is 5.93.